The number of carbonyl (C=O) groups is 1. The molecule has 138 valence electrons. The molecule has 1 N–H and O–H groups in total. The third-order valence-electron chi connectivity index (χ3n) is 4.51. The normalized spacial score (nSPS) is 14.3. The first-order valence-electron chi connectivity index (χ1n) is 8.82. The zero-order valence-electron chi connectivity index (χ0n) is 15.1. The Morgan fingerprint density at radius 1 is 1.08 bits per heavy atom. The van der Waals surface area contributed by atoms with Gasteiger partial charge < -0.3 is 4.90 Å². The molecule has 6 heteroatoms. The van der Waals surface area contributed by atoms with Crippen LogP contribution in [0.2, 0.25) is 0 Å². The van der Waals surface area contributed by atoms with E-state index in [1.165, 1.54) is 23.3 Å². The molecule has 1 heterocycles. The molecule has 0 radical (unpaired) electrons. The summed E-state index contributed by atoms with van der Waals surface area (Å²) in [5, 5.41) is 0. The van der Waals surface area contributed by atoms with Crippen molar-refractivity contribution in [2.24, 2.45) is 5.92 Å². The van der Waals surface area contributed by atoms with Gasteiger partial charge in [-0.2, -0.15) is 0 Å². The smallest absolute Gasteiger partial charge is 0.254 e. The van der Waals surface area contributed by atoms with E-state index in [0.29, 0.717) is 25.2 Å². The number of hydrogen-bond donors (Lipinski definition) is 1. The predicted octanol–water partition coefficient (Wildman–Crippen LogP) is 2.82. The highest BCUT2D eigenvalue weighted by atomic mass is 32.2. The molecular weight excluding hydrogens is 348 g/mol. The minimum Gasteiger partial charge on any atom is -0.334 e. The Labute approximate surface area is 155 Å². The van der Waals surface area contributed by atoms with Gasteiger partial charge in [0.1, 0.15) is 0 Å². The van der Waals surface area contributed by atoms with Crippen molar-refractivity contribution in [3.63, 3.8) is 0 Å². The van der Waals surface area contributed by atoms with Crippen molar-refractivity contribution in [2.45, 2.75) is 31.7 Å². The standard InChI is InChI=1S/C20H24N2O3S/c1-15(2)13-21-26(24,25)19-9-7-17(8-10-19)20(23)22-12-11-16-5-3-4-6-18(16)14-22/h3-10,15,21H,11-14H2,1-2H3. The van der Waals surface area contributed by atoms with Gasteiger partial charge in [-0.25, -0.2) is 13.1 Å². The maximum absolute atomic E-state index is 12.7. The van der Waals surface area contributed by atoms with Crippen LogP contribution in [0.3, 0.4) is 0 Å². The topological polar surface area (TPSA) is 66.5 Å². The van der Waals surface area contributed by atoms with Crippen LogP contribution in [-0.4, -0.2) is 32.3 Å². The molecule has 0 aromatic heterocycles. The molecule has 0 unspecified atom stereocenters. The number of nitrogens with zero attached hydrogens (tertiary/aromatic N) is 1. The summed E-state index contributed by atoms with van der Waals surface area (Å²) in [4.78, 5) is 14.7. The van der Waals surface area contributed by atoms with Gasteiger partial charge in [-0.3, -0.25) is 4.79 Å². The summed E-state index contributed by atoms with van der Waals surface area (Å²) in [5.74, 6) is 0.159. The molecule has 2 aromatic rings. The maximum atomic E-state index is 12.7. The lowest BCUT2D eigenvalue weighted by molar-refractivity contribution is 0.0734. The van der Waals surface area contributed by atoms with E-state index in [-0.39, 0.29) is 16.7 Å². The number of rotatable bonds is 5. The van der Waals surface area contributed by atoms with E-state index in [1.807, 2.05) is 36.9 Å². The third-order valence-corrected chi connectivity index (χ3v) is 5.95. The van der Waals surface area contributed by atoms with Crippen LogP contribution in [0.4, 0.5) is 0 Å². The van der Waals surface area contributed by atoms with E-state index in [0.717, 1.165) is 6.42 Å². The van der Waals surface area contributed by atoms with E-state index in [9.17, 15) is 13.2 Å². The minimum absolute atomic E-state index is 0.0707. The Bertz CT molecular complexity index is 890. The average molecular weight is 372 g/mol. The molecule has 1 aliphatic heterocycles. The molecule has 0 aliphatic carbocycles. The van der Waals surface area contributed by atoms with Crippen molar-refractivity contribution < 1.29 is 13.2 Å². The Morgan fingerprint density at radius 2 is 1.73 bits per heavy atom. The molecule has 5 nitrogen and oxygen atoms in total. The number of amides is 1. The second-order valence-corrected chi connectivity index (χ2v) is 8.78. The highest BCUT2D eigenvalue weighted by molar-refractivity contribution is 7.89. The molecule has 1 aliphatic rings. The van der Waals surface area contributed by atoms with Gasteiger partial charge in [-0.15, -0.1) is 0 Å². The first-order valence-corrected chi connectivity index (χ1v) is 10.3. The molecule has 0 fully saturated rings. The zero-order chi connectivity index (χ0) is 18.7. The number of nitrogens with one attached hydrogen (secondary N) is 1. The molecule has 26 heavy (non-hydrogen) atoms. The van der Waals surface area contributed by atoms with Crippen molar-refractivity contribution >= 4 is 15.9 Å². The lowest BCUT2D eigenvalue weighted by atomic mass is 9.99. The first kappa shape index (κ1) is 18.6. The molecule has 0 bridgehead atoms. The fraction of sp³-hybridized carbons (Fsp3) is 0.350. The molecule has 1 amide bonds. The molecule has 0 atom stereocenters. The molecular formula is C20H24N2O3S. The highest BCUT2D eigenvalue weighted by Gasteiger charge is 2.22. The Hall–Kier alpha value is -2.18. The van der Waals surface area contributed by atoms with Gasteiger partial charge in [0.25, 0.3) is 5.91 Å². The highest BCUT2D eigenvalue weighted by Crippen LogP contribution is 2.21. The molecule has 3 rings (SSSR count). The summed E-state index contributed by atoms with van der Waals surface area (Å²) < 4.78 is 27.1. The van der Waals surface area contributed by atoms with E-state index in [2.05, 4.69) is 10.8 Å². The van der Waals surface area contributed by atoms with Crippen LogP contribution in [0.5, 0.6) is 0 Å². The Morgan fingerprint density at radius 3 is 2.38 bits per heavy atom. The number of benzene rings is 2. The Kier molecular flexibility index (Phi) is 5.44. The van der Waals surface area contributed by atoms with E-state index in [4.69, 9.17) is 0 Å². The van der Waals surface area contributed by atoms with Gasteiger partial charge in [0.2, 0.25) is 10.0 Å². The first-order chi connectivity index (χ1) is 12.4. The summed E-state index contributed by atoms with van der Waals surface area (Å²) in [6.07, 6.45) is 0.841. The quantitative estimate of drug-likeness (QED) is 0.878. The van der Waals surface area contributed by atoms with Gasteiger partial charge in [-0.05, 0) is 47.7 Å². The lowest BCUT2D eigenvalue weighted by Crippen LogP contribution is -2.36. The van der Waals surface area contributed by atoms with Gasteiger partial charge >= 0.3 is 0 Å². The van der Waals surface area contributed by atoms with Crippen LogP contribution in [0.25, 0.3) is 0 Å². The third kappa shape index (κ3) is 4.14. The summed E-state index contributed by atoms with van der Waals surface area (Å²) in [6.45, 7) is 5.54. The number of fused-ring (bicyclic) bond motifs is 1. The molecule has 0 saturated carbocycles. The van der Waals surface area contributed by atoms with Crippen LogP contribution in [0.1, 0.15) is 35.3 Å². The SMILES string of the molecule is CC(C)CNS(=O)(=O)c1ccc(C(=O)N2CCc3ccccc3C2)cc1. The van der Waals surface area contributed by atoms with Crippen LogP contribution >= 0.6 is 0 Å². The van der Waals surface area contributed by atoms with Gasteiger partial charge in [0, 0.05) is 25.2 Å². The van der Waals surface area contributed by atoms with Gasteiger partial charge in [0.15, 0.2) is 0 Å². The molecule has 2 aromatic carbocycles. The number of sulfonamides is 1. The zero-order valence-corrected chi connectivity index (χ0v) is 15.9. The van der Waals surface area contributed by atoms with Crippen molar-refractivity contribution in [1.29, 1.82) is 0 Å². The van der Waals surface area contributed by atoms with E-state index < -0.39 is 10.0 Å². The lowest BCUT2D eigenvalue weighted by Gasteiger charge is -2.29. The second kappa shape index (κ2) is 7.60. The van der Waals surface area contributed by atoms with Crippen LogP contribution in [0, 0.1) is 5.92 Å². The summed E-state index contributed by atoms with van der Waals surface area (Å²) in [5.41, 5.74) is 2.96. The van der Waals surface area contributed by atoms with Crippen molar-refractivity contribution in [3.05, 3.63) is 65.2 Å². The molecule has 0 spiro atoms. The minimum atomic E-state index is -3.54. The van der Waals surface area contributed by atoms with E-state index >= 15 is 0 Å². The van der Waals surface area contributed by atoms with Crippen LogP contribution in [-0.2, 0) is 23.0 Å². The summed E-state index contributed by atoms with van der Waals surface area (Å²) in [7, 11) is -3.54. The fourth-order valence-electron chi connectivity index (χ4n) is 2.99. The van der Waals surface area contributed by atoms with Crippen LogP contribution in [0.15, 0.2) is 53.4 Å². The Balaban J connectivity index is 1.72. The van der Waals surface area contributed by atoms with Crippen molar-refractivity contribution in [3.8, 4) is 0 Å². The monoisotopic (exact) mass is 372 g/mol. The second-order valence-electron chi connectivity index (χ2n) is 7.02. The van der Waals surface area contributed by atoms with Crippen LogP contribution < -0.4 is 4.72 Å². The van der Waals surface area contributed by atoms with Gasteiger partial charge in [0.05, 0.1) is 4.90 Å². The number of hydrogen-bond acceptors (Lipinski definition) is 3. The molecule has 0 saturated heterocycles. The average Bonchev–Trinajstić information content (AvgIpc) is 2.65. The van der Waals surface area contributed by atoms with Gasteiger partial charge in [-0.1, -0.05) is 38.1 Å². The largest absolute Gasteiger partial charge is 0.334 e. The summed E-state index contributed by atoms with van der Waals surface area (Å²) >= 11 is 0. The predicted molar refractivity (Wildman–Crippen MR) is 101 cm³/mol. The van der Waals surface area contributed by atoms with E-state index in [1.54, 1.807) is 12.1 Å². The van der Waals surface area contributed by atoms with Crippen molar-refractivity contribution in [2.75, 3.05) is 13.1 Å². The number of carbonyl (C=O) groups excluding carboxylic acids is 1. The van der Waals surface area contributed by atoms with Crippen molar-refractivity contribution in [1.82, 2.24) is 9.62 Å². The fourth-order valence-corrected chi connectivity index (χ4v) is 4.20. The maximum Gasteiger partial charge on any atom is 0.254 e. The summed E-state index contributed by atoms with van der Waals surface area (Å²) in [6, 6.07) is 14.3.